The van der Waals surface area contributed by atoms with Crippen LogP contribution in [-0.4, -0.2) is 13.3 Å². The summed E-state index contributed by atoms with van der Waals surface area (Å²) in [5.41, 5.74) is 5.61. The predicted octanol–water partition coefficient (Wildman–Crippen LogP) is 5.37. The molecule has 0 heterocycles. The van der Waals surface area contributed by atoms with Gasteiger partial charge in [0.2, 0.25) is 0 Å². The molecular weight excluding hydrogens is 348 g/mol. The van der Waals surface area contributed by atoms with E-state index in [1.54, 1.807) is 13.3 Å². The number of nitrogens with zero attached hydrogens (tertiary/aromatic N) is 1. The fraction of sp³-hybridized carbons (Fsp3) is 0.0952. The highest BCUT2D eigenvalue weighted by Gasteiger charge is 2.10. The average Bonchev–Trinajstić information content (AvgIpc) is 2.68. The van der Waals surface area contributed by atoms with Crippen LogP contribution in [0.25, 0.3) is 0 Å². The van der Waals surface area contributed by atoms with Crippen LogP contribution in [0.2, 0.25) is 5.02 Å². The van der Waals surface area contributed by atoms with Gasteiger partial charge in [0.1, 0.15) is 6.61 Å². The molecule has 0 amide bonds. The number of hydrogen-bond donors (Lipinski definition) is 1. The lowest BCUT2D eigenvalue weighted by molar-refractivity contribution is 0.284. The number of ether oxygens (including phenoxy) is 2. The molecule has 0 aliphatic heterocycles. The second kappa shape index (κ2) is 8.92. The molecular formula is C21H19ClN2O2. The van der Waals surface area contributed by atoms with E-state index in [0.29, 0.717) is 23.1 Å². The van der Waals surface area contributed by atoms with Crippen LogP contribution in [0, 0.1) is 0 Å². The second-order valence-corrected chi connectivity index (χ2v) is 5.90. The number of hydrazone groups is 1. The van der Waals surface area contributed by atoms with Crippen LogP contribution < -0.4 is 14.9 Å². The summed E-state index contributed by atoms with van der Waals surface area (Å²) in [4.78, 5) is 0. The summed E-state index contributed by atoms with van der Waals surface area (Å²) in [5, 5.41) is 4.95. The fourth-order valence-electron chi connectivity index (χ4n) is 2.40. The van der Waals surface area contributed by atoms with Crippen molar-refractivity contribution in [2.45, 2.75) is 6.61 Å². The highest BCUT2D eigenvalue weighted by atomic mass is 35.5. The van der Waals surface area contributed by atoms with Crippen LogP contribution in [0.1, 0.15) is 11.1 Å². The van der Waals surface area contributed by atoms with E-state index in [2.05, 4.69) is 10.5 Å². The zero-order chi connectivity index (χ0) is 18.2. The van der Waals surface area contributed by atoms with Crippen LogP contribution in [0.4, 0.5) is 5.69 Å². The van der Waals surface area contributed by atoms with Crippen molar-refractivity contribution < 1.29 is 9.47 Å². The Balaban J connectivity index is 1.78. The Labute approximate surface area is 158 Å². The molecule has 5 heteroatoms. The van der Waals surface area contributed by atoms with Crippen LogP contribution >= 0.6 is 11.6 Å². The van der Waals surface area contributed by atoms with Gasteiger partial charge in [0.05, 0.1) is 19.0 Å². The normalized spacial score (nSPS) is 10.7. The van der Waals surface area contributed by atoms with Crippen molar-refractivity contribution >= 4 is 23.5 Å². The molecule has 26 heavy (non-hydrogen) atoms. The van der Waals surface area contributed by atoms with Gasteiger partial charge in [0, 0.05) is 16.1 Å². The third-order valence-corrected chi connectivity index (χ3v) is 4.10. The van der Waals surface area contributed by atoms with Gasteiger partial charge in [-0.05, 0) is 30.3 Å². The summed E-state index contributed by atoms with van der Waals surface area (Å²) in [6, 6.07) is 23.0. The number of benzene rings is 3. The molecule has 1 N–H and O–H groups in total. The SMILES string of the molecule is COc1cccc(/C=N/Nc2ccccc2)c1OCc1ccccc1Cl. The number of hydrogen-bond acceptors (Lipinski definition) is 4. The third-order valence-electron chi connectivity index (χ3n) is 3.73. The molecule has 0 saturated heterocycles. The van der Waals surface area contributed by atoms with E-state index < -0.39 is 0 Å². The molecule has 132 valence electrons. The number of nitrogens with one attached hydrogen (secondary N) is 1. The van der Waals surface area contributed by atoms with Crippen molar-refractivity contribution in [1.82, 2.24) is 0 Å². The largest absolute Gasteiger partial charge is 0.493 e. The van der Waals surface area contributed by atoms with Gasteiger partial charge in [-0.3, -0.25) is 5.43 Å². The minimum Gasteiger partial charge on any atom is -0.493 e. The summed E-state index contributed by atoms with van der Waals surface area (Å²) >= 11 is 6.21. The highest BCUT2D eigenvalue weighted by molar-refractivity contribution is 6.31. The maximum Gasteiger partial charge on any atom is 0.170 e. The van der Waals surface area contributed by atoms with Gasteiger partial charge in [-0.1, -0.05) is 54.1 Å². The van der Waals surface area contributed by atoms with Gasteiger partial charge in [0.25, 0.3) is 0 Å². The molecule has 0 fully saturated rings. The molecule has 0 aliphatic rings. The fourth-order valence-corrected chi connectivity index (χ4v) is 2.59. The van der Waals surface area contributed by atoms with Crippen LogP contribution in [-0.2, 0) is 6.61 Å². The van der Waals surface area contributed by atoms with Crippen LogP contribution in [0.15, 0.2) is 77.9 Å². The van der Waals surface area contributed by atoms with Crippen LogP contribution in [0.5, 0.6) is 11.5 Å². The van der Waals surface area contributed by atoms with Gasteiger partial charge < -0.3 is 9.47 Å². The van der Waals surface area contributed by atoms with Gasteiger partial charge in [-0.25, -0.2) is 0 Å². The minimum absolute atomic E-state index is 0.340. The zero-order valence-electron chi connectivity index (χ0n) is 14.4. The molecule has 0 aliphatic carbocycles. The Morgan fingerprint density at radius 1 is 0.962 bits per heavy atom. The number of halogens is 1. The first-order valence-corrected chi connectivity index (χ1v) is 8.53. The zero-order valence-corrected chi connectivity index (χ0v) is 15.1. The van der Waals surface area contributed by atoms with Crippen molar-refractivity contribution in [2.75, 3.05) is 12.5 Å². The van der Waals surface area contributed by atoms with E-state index in [1.807, 2.05) is 72.8 Å². The van der Waals surface area contributed by atoms with Crippen LogP contribution in [0.3, 0.4) is 0 Å². The molecule has 3 aromatic carbocycles. The Morgan fingerprint density at radius 3 is 2.50 bits per heavy atom. The van der Waals surface area contributed by atoms with Gasteiger partial charge in [-0.2, -0.15) is 5.10 Å². The molecule has 3 rings (SSSR count). The Hall–Kier alpha value is -2.98. The Morgan fingerprint density at radius 2 is 1.73 bits per heavy atom. The van der Waals surface area contributed by atoms with Gasteiger partial charge >= 0.3 is 0 Å². The van der Waals surface area contributed by atoms with E-state index >= 15 is 0 Å². The van der Waals surface area contributed by atoms with Crippen molar-refractivity contribution in [2.24, 2.45) is 5.10 Å². The highest BCUT2D eigenvalue weighted by Crippen LogP contribution is 2.31. The molecule has 0 aromatic heterocycles. The monoisotopic (exact) mass is 366 g/mol. The second-order valence-electron chi connectivity index (χ2n) is 5.49. The molecule has 0 unspecified atom stereocenters. The standard InChI is InChI=1S/C21H19ClN2O2/c1-25-20-13-7-9-16(14-23-24-18-10-3-2-4-11-18)21(20)26-15-17-8-5-6-12-19(17)22/h2-14,24H,15H2,1H3/b23-14+. The molecule has 3 aromatic rings. The number of rotatable bonds is 7. The molecule has 0 spiro atoms. The first kappa shape index (κ1) is 17.8. The quantitative estimate of drug-likeness (QED) is 0.451. The summed E-state index contributed by atoms with van der Waals surface area (Å²) in [6.07, 6.45) is 1.71. The lowest BCUT2D eigenvalue weighted by atomic mass is 10.2. The summed E-state index contributed by atoms with van der Waals surface area (Å²) in [6.45, 7) is 0.340. The average molecular weight is 367 g/mol. The number of methoxy groups -OCH3 is 1. The molecule has 0 radical (unpaired) electrons. The molecule has 0 bridgehead atoms. The van der Waals surface area contributed by atoms with Crippen molar-refractivity contribution in [3.8, 4) is 11.5 Å². The van der Waals surface area contributed by atoms with E-state index in [1.165, 1.54) is 0 Å². The topological polar surface area (TPSA) is 42.8 Å². The third kappa shape index (κ3) is 4.55. The van der Waals surface area contributed by atoms with Crippen molar-refractivity contribution in [1.29, 1.82) is 0 Å². The summed E-state index contributed by atoms with van der Waals surface area (Å²) < 4.78 is 11.4. The van der Waals surface area contributed by atoms with E-state index in [0.717, 1.165) is 16.8 Å². The first-order chi connectivity index (χ1) is 12.8. The maximum atomic E-state index is 6.21. The molecule has 0 saturated carbocycles. The lowest BCUT2D eigenvalue weighted by Gasteiger charge is -2.14. The predicted molar refractivity (Wildman–Crippen MR) is 106 cm³/mol. The smallest absolute Gasteiger partial charge is 0.170 e. The number of anilines is 1. The van der Waals surface area contributed by atoms with Crippen molar-refractivity contribution in [3.05, 3.63) is 88.9 Å². The van der Waals surface area contributed by atoms with E-state index in [-0.39, 0.29) is 0 Å². The first-order valence-electron chi connectivity index (χ1n) is 8.15. The van der Waals surface area contributed by atoms with E-state index in [9.17, 15) is 0 Å². The summed E-state index contributed by atoms with van der Waals surface area (Å²) in [7, 11) is 1.61. The number of para-hydroxylation sites is 2. The molecule has 0 atom stereocenters. The maximum absolute atomic E-state index is 6.21. The minimum atomic E-state index is 0.340. The van der Waals surface area contributed by atoms with Crippen molar-refractivity contribution in [3.63, 3.8) is 0 Å². The summed E-state index contributed by atoms with van der Waals surface area (Å²) in [5.74, 6) is 1.26. The van der Waals surface area contributed by atoms with Gasteiger partial charge in [0.15, 0.2) is 11.5 Å². The lowest BCUT2D eigenvalue weighted by Crippen LogP contribution is -2.02. The molecule has 4 nitrogen and oxygen atoms in total. The van der Waals surface area contributed by atoms with E-state index in [4.69, 9.17) is 21.1 Å². The van der Waals surface area contributed by atoms with Gasteiger partial charge in [-0.15, -0.1) is 0 Å². The Bertz CT molecular complexity index is 882. The Kier molecular flexibility index (Phi) is 6.12.